The van der Waals surface area contributed by atoms with Crippen LogP contribution in [-0.2, 0) is 10.0 Å². The smallest absolute Gasteiger partial charge is 0.253 e. The predicted molar refractivity (Wildman–Crippen MR) is 112 cm³/mol. The minimum atomic E-state index is -3.53. The van der Waals surface area contributed by atoms with Crippen LogP contribution in [0.15, 0.2) is 47.4 Å². The van der Waals surface area contributed by atoms with Crippen LogP contribution in [0.3, 0.4) is 0 Å². The van der Waals surface area contributed by atoms with Crippen molar-refractivity contribution < 1.29 is 22.7 Å². The van der Waals surface area contributed by atoms with Crippen molar-refractivity contribution in [3.05, 3.63) is 53.6 Å². The number of rotatable bonds is 6. The summed E-state index contributed by atoms with van der Waals surface area (Å²) >= 11 is 0. The van der Waals surface area contributed by atoms with E-state index in [2.05, 4.69) is 0 Å². The molecule has 0 N–H and O–H groups in total. The van der Waals surface area contributed by atoms with Gasteiger partial charge >= 0.3 is 0 Å². The van der Waals surface area contributed by atoms with Gasteiger partial charge in [0.25, 0.3) is 5.91 Å². The number of sulfonamides is 1. The van der Waals surface area contributed by atoms with Gasteiger partial charge in [-0.2, -0.15) is 4.31 Å². The van der Waals surface area contributed by atoms with Crippen molar-refractivity contribution in [3.8, 4) is 11.5 Å². The molecule has 1 atom stereocenters. The Bertz CT molecular complexity index is 1030. The molecule has 1 amide bonds. The maximum atomic E-state index is 12.9. The van der Waals surface area contributed by atoms with Gasteiger partial charge in [0.05, 0.1) is 4.90 Å². The lowest BCUT2D eigenvalue weighted by Gasteiger charge is -2.19. The standard InChI is InChI=1S/C22H26N2O5S/c1-3-24(4-2)30(26,27)19-8-5-16(6-9-19)22(25)23-12-11-18(14-23)17-7-10-20-21(13-17)29-15-28-20/h5-10,13,18H,3-4,11-12,14-15H2,1-2H3. The van der Waals surface area contributed by atoms with Gasteiger partial charge in [0.2, 0.25) is 16.8 Å². The van der Waals surface area contributed by atoms with E-state index in [-0.39, 0.29) is 23.5 Å². The van der Waals surface area contributed by atoms with Crippen molar-refractivity contribution in [1.29, 1.82) is 0 Å². The molecule has 1 saturated heterocycles. The molecule has 0 aliphatic carbocycles. The molecule has 2 aromatic carbocycles. The summed E-state index contributed by atoms with van der Waals surface area (Å²) in [6.45, 7) is 5.97. The summed E-state index contributed by atoms with van der Waals surface area (Å²) < 4.78 is 37.5. The molecule has 2 aromatic rings. The lowest BCUT2D eigenvalue weighted by atomic mass is 9.98. The fourth-order valence-corrected chi connectivity index (χ4v) is 5.51. The molecule has 4 rings (SSSR count). The van der Waals surface area contributed by atoms with Gasteiger partial charge in [0, 0.05) is 37.7 Å². The summed E-state index contributed by atoms with van der Waals surface area (Å²) in [5, 5.41) is 0. The molecule has 2 heterocycles. The Kier molecular flexibility index (Phi) is 5.71. The molecule has 7 nitrogen and oxygen atoms in total. The SMILES string of the molecule is CCN(CC)S(=O)(=O)c1ccc(C(=O)N2CCC(c3ccc4c(c3)OCO4)C2)cc1. The van der Waals surface area contributed by atoms with E-state index >= 15 is 0 Å². The van der Waals surface area contributed by atoms with Gasteiger partial charge in [-0.15, -0.1) is 0 Å². The highest BCUT2D eigenvalue weighted by atomic mass is 32.2. The van der Waals surface area contributed by atoms with Gasteiger partial charge in [-0.3, -0.25) is 4.79 Å². The zero-order valence-electron chi connectivity index (χ0n) is 17.2. The van der Waals surface area contributed by atoms with Crippen molar-refractivity contribution in [2.24, 2.45) is 0 Å². The van der Waals surface area contributed by atoms with Crippen LogP contribution in [0.1, 0.15) is 42.1 Å². The van der Waals surface area contributed by atoms with E-state index in [0.29, 0.717) is 31.7 Å². The number of likely N-dealkylation sites (tertiary alicyclic amines) is 1. The minimum Gasteiger partial charge on any atom is -0.454 e. The first-order valence-corrected chi connectivity index (χ1v) is 11.7. The van der Waals surface area contributed by atoms with Gasteiger partial charge in [-0.05, 0) is 48.4 Å². The zero-order valence-corrected chi connectivity index (χ0v) is 18.0. The fraction of sp³-hybridized carbons (Fsp3) is 0.409. The number of ether oxygens (including phenoxy) is 2. The Morgan fingerprint density at radius 3 is 2.47 bits per heavy atom. The minimum absolute atomic E-state index is 0.0787. The second kappa shape index (κ2) is 8.28. The predicted octanol–water partition coefficient (Wildman–Crippen LogP) is 3.08. The Hall–Kier alpha value is -2.58. The lowest BCUT2D eigenvalue weighted by Crippen LogP contribution is -2.31. The highest BCUT2D eigenvalue weighted by Gasteiger charge is 2.29. The largest absolute Gasteiger partial charge is 0.454 e. The van der Waals surface area contributed by atoms with E-state index in [9.17, 15) is 13.2 Å². The number of carbonyl (C=O) groups excluding carboxylic acids is 1. The van der Waals surface area contributed by atoms with E-state index in [4.69, 9.17) is 9.47 Å². The normalized spacial score (nSPS) is 18.2. The molecule has 1 fully saturated rings. The average molecular weight is 431 g/mol. The topological polar surface area (TPSA) is 76.2 Å². The first-order chi connectivity index (χ1) is 14.4. The van der Waals surface area contributed by atoms with Crippen LogP contribution >= 0.6 is 0 Å². The quantitative estimate of drug-likeness (QED) is 0.704. The molecule has 0 radical (unpaired) electrons. The zero-order chi connectivity index (χ0) is 21.3. The third-order valence-electron chi connectivity index (χ3n) is 5.79. The van der Waals surface area contributed by atoms with Crippen LogP contribution in [-0.4, -0.2) is 56.5 Å². The third kappa shape index (κ3) is 3.77. The maximum Gasteiger partial charge on any atom is 0.253 e. The van der Waals surface area contributed by atoms with Crippen molar-refractivity contribution in [2.45, 2.75) is 31.1 Å². The van der Waals surface area contributed by atoms with Gasteiger partial charge < -0.3 is 14.4 Å². The Balaban J connectivity index is 1.45. The molecule has 1 unspecified atom stereocenters. The maximum absolute atomic E-state index is 12.9. The number of nitrogens with zero attached hydrogens (tertiary/aromatic N) is 2. The summed E-state index contributed by atoms with van der Waals surface area (Å²) in [6.07, 6.45) is 0.875. The Morgan fingerprint density at radius 1 is 1.07 bits per heavy atom. The Morgan fingerprint density at radius 2 is 1.77 bits per heavy atom. The molecule has 0 bridgehead atoms. The van der Waals surface area contributed by atoms with Gasteiger partial charge in [0.1, 0.15) is 0 Å². The first kappa shape index (κ1) is 20.7. The molecular weight excluding hydrogens is 404 g/mol. The van der Waals surface area contributed by atoms with Gasteiger partial charge in [-0.25, -0.2) is 8.42 Å². The van der Waals surface area contributed by atoms with Crippen LogP contribution in [0.2, 0.25) is 0 Å². The van der Waals surface area contributed by atoms with Crippen LogP contribution in [0.5, 0.6) is 11.5 Å². The number of fused-ring (bicyclic) bond motifs is 1. The summed E-state index contributed by atoms with van der Waals surface area (Å²) in [4.78, 5) is 15.0. The molecule has 2 aliphatic heterocycles. The second-order valence-electron chi connectivity index (χ2n) is 7.46. The van der Waals surface area contributed by atoms with E-state index < -0.39 is 10.0 Å². The number of hydrogen-bond acceptors (Lipinski definition) is 5. The first-order valence-electron chi connectivity index (χ1n) is 10.2. The summed E-state index contributed by atoms with van der Waals surface area (Å²) in [6, 6.07) is 12.2. The van der Waals surface area contributed by atoms with Gasteiger partial charge in [-0.1, -0.05) is 19.9 Å². The van der Waals surface area contributed by atoms with Crippen LogP contribution in [0.4, 0.5) is 0 Å². The summed E-state index contributed by atoms with van der Waals surface area (Å²) in [5.41, 5.74) is 1.63. The van der Waals surface area contributed by atoms with E-state index in [1.807, 2.05) is 36.9 Å². The highest BCUT2D eigenvalue weighted by molar-refractivity contribution is 7.89. The number of benzene rings is 2. The monoisotopic (exact) mass is 430 g/mol. The van der Waals surface area contributed by atoms with Crippen LogP contribution in [0, 0.1) is 0 Å². The average Bonchev–Trinajstić information content (AvgIpc) is 3.43. The molecule has 2 aliphatic rings. The number of amides is 1. The Labute approximate surface area is 177 Å². The van der Waals surface area contributed by atoms with Crippen LogP contribution < -0.4 is 9.47 Å². The van der Waals surface area contributed by atoms with Gasteiger partial charge in [0.15, 0.2) is 11.5 Å². The van der Waals surface area contributed by atoms with Crippen molar-refractivity contribution in [1.82, 2.24) is 9.21 Å². The molecular formula is C22H26N2O5S. The molecule has 8 heteroatoms. The number of carbonyl (C=O) groups is 1. The van der Waals surface area contributed by atoms with Crippen molar-refractivity contribution in [3.63, 3.8) is 0 Å². The molecule has 30 heavy (non-hydrogen) atoms. The van der Waals surface area contributed by atoms with E-state index in [0.717, 1.165) is 23.5 Å². The molecule has 160 valence electrons. The second-order valence-corrected chi connectivity index (χ2v) is 9.40. The van der Waals surface area contributed by atoms with E-state index in [1.54, 1.807) is 12.1 Å². The van der Waals surface area contributed by atoms with Crippen LogP contribution in [0.25, 0.3) is 0 Å². The van der Waals surface area contributed by atoms with E-state index in [1.165, 1.54) is 16.4 Å². The van der Waals surface area contributed by atoms with Crippen molar-refractivity contribution >= 4 is 15.9 Å². The number of hydrogen-bond donors (Lipinski definition) is 0. The fourth-order valence-electron chi connectivity index (χ4n) is 4.05. The molecule has 0 aromatic heterocycles. The molecule has 0 spiro atoms. The summed E-state index contributed by atoms with van der Waals surface area (Å²) in [5.74, 6) is 1.67. The summed E-state index contributed by atoms with van der Waals surface area (Å²) in [7, 11) is -3.53. The lowest BCUT2D eigenvalue weighted by molar-refractivity contribution is 0.0790. The third-order valence-corrected chi connectivity index (χ3v) is 7.85. The highest BCUT2D eigenvalue weighted by Crippen LogP contribution is 2.37. The molecule has 0 saturated carbocycles. The van der Waals surface area contributed by atoms with Crippen molar-refractivity contribution in [2.75, 3.05) is 33.0 Å².